The van der Waals surface area contributed by atoms with Crippen LogP contribution < -0.4 is 10.6 Å². The summed E-state index contributed by atoms with van der Waals surface area (Å²) in [5.41, 5.74) is 5.84. The van der Waals surface area contributed by atoms with Gasteiger partial charge in [0, 0.05) is 32.2 Å². The van der Waals surface area contributed by atoms with Crippen molar-refractivity contribution in [3.8, 4) is 0 Å². The van der Waals surface area contributed by atoms with Gasteiger partial charge in [0.05, 0.1) is 18.0 Å². The van der Waals surface area contributed by atoms with E-state index in [1.54, 1.807) is 12.1 Å². The monoisotopic (exact) mass is 289 g/mol. The average molecular weight is 289 g/mol. The van der Waals surface area contributed by atoms with E-state index in [0.29, 0.717) is 31.9 Å². The summed E-state index contributed by atoms with van der Waals surface area (Å²) in [6.07, 6.45) is 0. The zero-order valence-corrected chi connectivity index (χ0v) is 11.4. The number of nitrogens with two attached hydrogens (primary N) is 1. The Kier molecular flexibility index (Phi) is 4.35. The third-order valence-corrected chi connectivity index (χ3v) is 3.38. The van der Waals surface area contributed by atoms with Gasteiger partial charge in [-0.25, -0.2) is 4.85 Å². The van der Waals surface area contributed by atoms with Gasteiger partial charge < -0.3 is 10.6 Å². The van der Waals surface area contributed by atoms with Gasteiger partial charge in [0.1, 0.15) is 5.69 Å². The molecule has 1 aromatic rings. The Morgan fingerprint density at radius 2 is 2.05 bits per heavy atom. The van der Waals surface area contributed by atoms with Crippen molar-refractivity contribution < 1.29 is 9.72 Å². The van der Waals surface area contributed by atoms with Crippen molar-refractivity contribution in [1.29, 1.82) is 0 Å². The number of carbonyl (C=O) groups is 1. The van der Waals surface area contributed by atoms with Crippen LogP contribution in [0.3, 0.4) is 0 Å². The molecule has 110 valence electrons. The Morgan fingerprint density at radius 1 is 1.38 bits per heavy atom. The Hall–Kier alpha value is -2.66. The first-order valence-corrected chi connectivity index (χ1v) is 6.43. The lowest BCUT2D eigenvalue weighted by Gasteiger charge is -2.35. The first-order valence-electron chi connectivity index (χ1n) is 6.43. The highest BCUT2D eigenvalue weighted by Gasteiger charge is 2.24. The zero-order chi connectivity index (χ0) is 15.4. The van der Waals surface area contributed by atoms with Crippen molar-refractivity contribution in [2.75, 3.05) is 37.6 Å². The number of piperazine rings is 1. The summed E-state index contributed by atoms with van der Waals surface area (Å²) in [7, 11) is 0. The number of benzene rings is 1. The van der Waals surface area contributed by atoms with Gasteiger partial charge in [-0.2, -0.15) is 0 Å². The lowest BCUT2D eigenvalue weighted by atomic mass is 10.2. The van der Waals surface area contributed by atoms with Crippen molar-refractivity contribution in [3.63, 3.8) is 0 Å². The predicted molar refractivity (Wildman–Crippen MR) is 77.2 cm³/mol. The van der Waals surface area contributed by atoms with Gasteiger partial charge in [-0.15, -0.1) is 0 Å². The van der Waals surface area contributed by atoms with Crippen LogP contribution in [0, 0.1) is 16.7 Å². The van der Waals surface area contributed by atoms with Gasteiger partial charge in [0.15, 0.2) is 5.69 Å². The molecule has 1 amide bonds. The Balaban J connectivity index is 2.15. The molecule has 1 heterocycles. The number of nitrogens with zero attached hydrogens (tertiary/aromatic N) is 4. The summed E-state index contributed by atoms with van der Waals surface area (Å²) in [4.78, 5) is 28.6. The van der Waals surface area contributed by atoms with E-state index in [9.17, 15) is 14.9 Å². The Morgan fingerprint density at radius 3 is 2.57 bits per heavy atom. The van der Waals surface area contributed by atoms with Crippen LogP contribution in [-0.4, -0.2) is 48.5 Å². The van der Waals surface area contributed by atoms with Gasteiger partial charge in [-0.3, -0.25) is 19.8 Å². The summed E-state index contributed by atoms with van der Waals surface area (Å²) < 4.78 is 0. The normalized spacial score (nSPS) is 15.5. The topological polar surface area (TPSA) is 97.1 Å². The van der Waals surface area contributed by atoms with Crippen LogP contribution in [0.25, 0.3) is 4.85 Å². The van der Waals surface area contributed by atoms with E-state index in [-0.39, 0.29) is 23.8 Å². The van der Waals surface area contributed by atoms with Crippen molar-refractivity contribution in [3.05, 3.63) is 39.7 Å². The second-order valence-electron chi connectivity index (χ2n) is 4.77. The summed E-state index contributed by atoms with van der Waals surface area (Å²) in [6, 6.07) is 4.47. The van der Waals surface area contributed by atoms with Crippen LogP contribution in [0.4, 0.5) is 17.1 Å². The van der Waals surface area contributed by atoms with E-state index in [0.717, 1.165) is 0 Å². The number of amides is 1. The van der Waals surface area contributed by atoms with E-state index < -0.39 is 4.92 Å². The predicted octanol–water partition coefficient (Wildman–Crippen LogP) is 0.753. The quantitative estimate of drug-likeness (QED) is 0.501. The number of carbonyl (C=O) groups excluding carboxylic acids is 1. The molecule has 0 radical (unpaired) electrons. The standard InChI is InChI=1S/C13H15N5O3/c1-15-10-2-3-11(12(8-10)18(20)21)17-6-4-16(5-7-17)9-13(14)19/h2-3,8H,4-7,9H2,(H2,14,19). The molecule has 0 spiro atoms. The molecule has 2 rings (SSSR count). The van der Waals surface area contributed by atoms with Crippen LogP contribution in [0.1, 0.15) is 0 Å². The molecule has 1 aliphatic rings. The number of rotatable bonds is 4. The molecule has 1 saturated heterocycles. The first kappa shape index (κ1) is 14.7. The number of hydrogen-bond acceptors (Lipinski definition) is 5. The van der Waals surface area contributed by atoms with Crippen LogP contribution in [0.15, 0.2) is 18.2 Å². The van der Waals surface area contributed by atoms with Gasteiger partial charge in [-0.1, -0.05) is 6.07 Å². The Labute approximate surface area is 121 Å². The van der Waals surface area contributed by atoms with Crippen LogP contribution in [0.2, 0.25) is 0 Å². The molecule has 0 aliphatic carbocycles. The molecule has 8 heteroatoms. The van der Waals surface area contributed by atoms with E-state index in [1.807, 2.05) is 9.80 Å². The maximum absolute atomic E-state index is 11.1. The molecule has 1 aromatic carbocycles. The van der Waals surface area contributed by atoms with Crippen LogP contribution >= 0.6 is 0 Å². The maximum atomic E-state index is 11.1. The highest BCUT2D eigenvalue weighted by molar-refractivity contribution is 5.76. The second kappa shape index (κ2) is 6.19. The molecule has 21 heavy (non-hydrogen) atoms. The number of nitro benzene ring substituents is 1. The summed E-state index contributed by atoms with van der Waals surface area (Å²) in [5.74, 6) is -0.379. The Bertz CT molecular complexity index is 602. The summed E-state index contributed by atoms with van der Waals surface area (Å²) in [6.45, 7) is 9.51. The summed E-state index contributed by atoms with van der Waals surface area (Å²) in [5, 5.41) is 11.1. The molecule has 0 saturated carbocycles. The third-order valence-electron chi connectivity index (χ3n) is 3.38. The fourth-order valence-corrected chi connectivity index (χ4v) is 2.36. The molecule has 0 unspecified atom stereocenters. The van der Waals surface area contributed by atoms with Gasteiger partial charge in [0.2, 0.25) is 5.91 Å². The molecular formula is C13H15N5O3. The van der Waals surface area contributed by atoms with Crippen LogP contribution in [-0.2, 0) is 4.79 Å². The van der Waals surface area contributed by atoms with E-state index in [2.05, 4.69) is 4.85 Å². The molecule has 8 nitrogen and oxygen atoms in total. The second-order valence-corrected chi connectivity index (χ2v) is 4.77. The van der Waals surface area contributed by atoms with Crippen LogP contribution in [0.5, 0.6) is 0 Å². The SMILES string of the molecule is [C-]#[N+]c1ccc(N2CCN(CC(N)=O)CC2)c([N+](=O)[O-])c1. The molecule has 1 aliphatic heterocycles. The van der Waals surface area contributed by atoms with E-state index in [1.165, 1.54) is 6.07 Å². The highest BCUT2D eigenvalue weighted by atomic mass is 16.6. The summed E-state index contributed by atoms with van der Waals surface area (Å²) >= 11 is 0. The van der Waals surface area contributed by atoms with Gasteiger partial charge in [0.25, 0.3) is 5.69 Å². The largest absolute Gasteiger partial charge is 0.369 e. The number of hydrogen-bond donors (Lipinski definition) is 1. The molecule has 1 fully saturated rings. The average Bonchev–Trinajstić information content (AvgIpc) is 2.47. The van der Waals surface area contributed by atoms with E-state index in [4.69, 9.17) is 12.3 Å². The lowest BCUT2D eigenvalue weighted by Crippen LogP contribution is -2.49. The smallest absolute Gasteiger partial charge is 0.282 e. The van der Waals surface area contributed by atoms with Gasteiger partial charge in [-0.05, 0) is 6.07 Å². The third kappa shape index (κ3) is 3.46. The first-order chi connectivity index (χ1) is 10.0. The molecule has 2 N–H and O–H groups in total. The number of anilines is 1. The van der Waals surface area contributed by atoms with Crippen molar-refractivity contribution in [2.45, 2.75) is 0 Å². The van der Waals surface area contributed by atoms with Crippen molar-refractivity contribution in [1.82, 2.24) is 4.90 Å². The molecule has 0 aromatic heterocycles. The number of primary amides is 1. The van der Waals surface area contributed by atoms with E-state index >= 15 is 0 Å². The molecule has 0 atom stereocenters. The molecule has 0 bridgehead atoms. The fraction of sp³-hybridized carbons (Fsp3) is 0.385. The van der Waals surface area contributed by atoms with Gasteiger partial charge >= 0.3 is 0 Å². The fourth-order valence-electron chi connectivity index (χ4n) is 2.36. The minimum absolute atomic E-state index is 0.0631. The number of nitro groups is 1. The van der Waals surface area contributed by atoms with Crippen molar-refractivity contribution >= 4 is 23.0 Å². The lowest BCUT2D eigenvalue weighted by molar-refractivity contribution is -0.384. The zero-order valence-electron chi connectivity index (χ0n) is 11.4. The highest BCUT2D eigenvalue weighted by Crippen LogP contribution is 2.32. The molecular weight excluding hydrogens is 274 g/mol. The minimum Gasteiger partial charge on any atom is -0.369 e. The minimum atomic E-state index is -0.472. The maximum Gasteiger partial charge on any atom is 0.282 e. The van der Waals surface area contributed by atoms with Crippen molar-refractivity contribution in [2.24, 2.45) is 5.73 Å².